The van der Waals surface area contributed by atoms with Crippen molar-refractivity contribution in [3.8, 4) is 11.5 Å². The predicted molar refractivity (Wildman–Crippen MR) is 88.8 cm³/mol. The molecule has 0 spiro atoms. The molecule has 1 aromatic heterocycles. The van der Waals surface area contributed by atoms with Gasteiger partial charge in [0.15, 0.2) is 0 Å². The molecule has 0 fully saturated rings. The van der Waals surface area contributed by atoms with Crippen molar-refractivity contribution in [2.24, 2.45) is 0 Å². The van der Waals surface area contributed by atoms with Crippen LogP contribution in [0.5, 0.6) is 11.5 Å². The third kappa shape index (κ3) is 2.52. The van der Waals surface area contributed by atoms with Gasteiger partial charge in [-0.3, -0.25) is 0 Å². The third-order valence-electron chi connectivity index (χ3n) is 4.24. The lowest BCUT2D eigenvalue weighted by molar-refractivity contribution is 0.441. The second kappa shape index (κ2) is 5.76. The van der Waals surface area contributed by atoms with Crippen LogP contribution in [0.2, 0.25) is 0 Å². The van der Waals surface area contributed by atoms with Crippen molar-refractivity contribution in [2.75, 3.05) is 6.54 Å². The largest absolute Gasteiger partial charge is 0.508 e. The van der Waals surface area contributed by atoms with Gasteiger partial charge in [-0.25, -0.2) is 4.39 Å². The Morgan fingerprint density at radius 2 is 1.91 bits per heavy atom. The SMILES string of the molecule is Cl.Oc1ccc(O)c(C2NCCc3c2[nH]c2ccc(F)cc32)c1. The number of benzene rings is 2. The van der Waals surface area contributed by atoms with Crippen LogP contribution in [0.15, 0.2) is 36.4 Å². The zero-order valence-electron chi connectivity index (χ0n) is 12.1. The number of H-pyrrole nitrogens is 1. The Hall–Kier alpha value is -2.24. The fourth-order valence-electron chi connectivity index (χ4n) is 3.24. The van der Waals surface area contributed by atoms with Gasteiger partial charge in [0.2, 0.25) is 0 Å². The van der Waals surface area contributed by atoms with Crippen LogP contribution < -0.4 is 5.32 Å². The van der Waals surface area contributed by atoms with Crippen LogP contribution in [0, 0.1) is 5.82 Å². The first kappa shape index (κ1) is 15.6. The van der Waals surface area contributed by atoms with Crippen molar-refractivity contribution in [3.05, 3.63) is 59.0 Å². The molecule has 120 valence electrons. The number of phenols is 2. The lowest BCUT2D eigenvalue weighted by Gasteiger charge is -2.25. The summed E-state index contributed by atoms with van der Waals surface area (Å²) in [5, 5.41) is 24.0. The van der Waals surface area contributed by atoms with Crippen LogP contribution in [0.4, 0.5) is 4.39 Å². The van der Waals surface area contributed by atoms with Gasteiger partial charge in [0.05, 0.1) is 6.04 Å². The maximum absolute atomic E-state index is 13.5. The zero-order chi connectivity index (χ0) is 15.3. The number of nitrogens with one attached hydrogen (secondary N) is 2. The van der Waals surface area contributed by atoms with Gasteiger partial charge in [-0.15, -0.1) is 12.4 Å². The van der Waals surface area contributed by atoms with E-state index in [9.17, 15) is 14.6 Å². The normalized spacial score (nSPS) is 16.8. The van der Waals surface area contributed by atoms with Crippen molar-refractivity contribution in [2.45, 2.75) is 12.5 Å². The second-order valence-corrected chi connectivity index (χ2v) is 5.59. The average molecular weight is 335 g/mol. The summed E-state index contributed by atoms with van der Waals surface area (Å²) < 4.78 is 13.5. The molecule has 4 nitrogen and oxygen atoms in total. The first-order chi connectivity index (χ1) is 10.6. The molecule has 1 aliphatic rings. The number of halogens is 2. The number of rotatable bonds is 1. The molecular weight excluding hydrogens is 319 g/mol. The first-order valence-corrected chi connectivity index (χ1v) is 7.19. The lowest BCUT2D eigenvalue weighted by atomic mass is 9.93. The van der Waals surface area contributed by atoms with E-state index in [1.54, 1.807) is 12.1 Å². The maximum atomic E-state index is 13.5. The first-order valence-electron chi connectivity index (χ1n) is 7.19. The third-order valence-corrected chi connectivity index (χ3v) is 4.24. The summed E-state index contributed by atoms with van der Waals surface area (Å²) in [5.41, 5.74) is 3.45. The Balaban J connectivity index is 0.00000156. The Morgan fingerprint density at radius 3 is 2.74 bits per heavy atom. The molecule has 0 aliphatic carbocycles. The standard InChI is InChI=1S/C17H15FN2O2.ClH/c18-9-1-3-14-12(7-9)11-5-6-19-16(17(11)20-14)13-8-10(21)2-4-15(13)22;/h1-4,7-8,16,19-22H,5-6H2;1H. The van der Waals surface area contributed by atoms with Gasteiger partial charge in [-0.1, -0.05) is 0 Å². The van der Waals surface area contributed by atoms with Gasteiger partial charge in [0.25, 0.3) is 0 Å². The van der Waals surface area contributed by atoms with Crippen LogP contribution in [0.3, 0.4) is 0 Å². The van der Waals surface area contributed by atoms with Gasteiger partial charge in [-0.05, 0) is 48.4 Å². The topological polar surface area (TPSA) is 68.3 Å². The van der Waals surface area contributed by atoms with Gasteiger partial charge in [0, 0.05) is 28.7 Å². The van der Waals surface area contributed by atoms with E-state index < -0.39 is 0 Å². The number of hydrogen-bond donors (Lipinski definition) is 4. The molecular formula is C17H16ClFN2O2. The monoisotopic (exact) mass is 334 g/mol. The summed E-state index contributed by atoms with van der Waals surface area (Å²) >= 11 is 0. The van der Waals surface area contributed by atoms with E-state index in [4.69, 9.17) is 0 Å². The summed E-state index contributed by atoms with van der Waals surface area (Å²) in [6.07, 6.45) is 0.787. The number of phenolic OH excluding ortho intramolecular Hbond substituents is 2. The van der Waals surface area contributed by atoms with Crippen molar-refractivity contribution < 1.29 is 14.6 Å². The van der Waals surface area contributed by atoms with Crippen LogP contribution in [-0.2, 0) is 6.42 Å². The number of aromatic nitrogens is 1. The molecule has 1 aliphatic heterocycles. The Labute approximate surface area is 138 Å². The fraction of sp³-hybridized carbons (Fsp3) is 0.176. The van der Waals surface area contributed by atoms with E-state index in [-0.39, 0.29) is 35.8 Å². The maximum Gasteiger partial charge on any atom is 0.123 e. The van der Waals surface area contributed by atoms with E-state index in [0.29, 0.717) is 5.56 Å². The van der Waals surface area contributed by atoms with E-state index in [0.717, 1.165) is 35.1 Å². The lowest BCUT2D eigenvalue weighted by Crippen LogP contribution is -2.30. The summed E-state index contributed by atoms with van der Waals surface area (Å²) in [7, 11) is 0. The minimum absolute atomic E-state index is 0. The highest BCUT2D eigenvalue weighted by molar-refractivity contribution is 5.86. The smallest absolute Gasteiger partial charge is 0.123 e. The van der Waals surface area contributed by atoms with Crippen LogP contribution in [0.25, 0.3) is 10.9 Å². The number of fused-ring (bicyclic) bond motifs is 3. The van der Waals surface area contributed by atoms with Crippen LogP contribution in [-0.4, -0.2) is 21.7 Å². The van der Waals surface area contributed by atoms with E-state index in [1.807, 2.05) is 0 Å². The molecule has 2 heterocycles. The number of hydrogen-bond acceptors (Lipinski definition) is 3. The molecule has 0 bridgehead atoms. The Bertz CT molecular complexity index is 878. The molecule has 4 rings (SSSR count). The minimum atomic E-state index is -0.260. The van der Waals surface area contributed by atoms with E-state index in [2.05, 4.69) is 10.3 Å². The molecule has 2 aromatic carbocycles. The van der Waals surface area contributed by atoms with E-state index >= 15 is 0 Å². The van der Waals surface area contributed by atoms with Gasteiger partial charge < -0.3 is 20.5 Å². The number of aromatic hydroxyl groups is 2. The zero-order valence-corrected chi connectivity index (χ0v) is 13.0. The molecule has 3 aromatic rings. The highest BCUT2D eigenvalue weighted by atomic mass is 35.5. The molecule has 23 heavy (non-hydrogen) atoms. The highest BCUT2D eigenvalue weighted by Gasteiger charge is 2.27. The molecule has 0 amide bonds. The summed E-state index contributed by atoms with van der Waals surface area (Å²) in [4.78, 5) is 3.32. The second-order valence-electron chi connectivity index (χ2n) is 5.59. The minimum Gasteiger partial charge on any atom is -0.508 e. The van der Waals surface area contributed by atoms with Crippen molar-refractivity contribution in [1.82, 2.24) is 10.3 Å². The number of aromatic amines is 1. The fourth-order valence-corrected chi connectivity index (χ4v) is 3.24. The molecule has 0 saturated carbocycles. The summed E-state index contributed by atoms with van der Waals surface area (Å²) in [6, 6.07) is 8.91. The van der Waals surface area contributed by atoms with E-state index in [1.165, 1.54) is 24.3 Å². The molecule has 0 saturated heterocycles. The van der Waals surface area contributed by atoms with Crippen molar-refractivity contribution in [1.29, 1.82) is 0 Å². The van der Waals surface area contributed by atoms with Gasteiger partial charge in [0.1, 0.15) is 17.3 Å². The van der Waals surface area contributed by atoms with Gasteiger partial charge >= 0.3 is 0 Å². The predicted octanol–water partition coefficient (Wildman–Crippen LogP) is 3.38. The Kier molecular flexibility index (Phi) is 3.92. The summed E-state index contributed by atoms with van der Waals surface area (Å²) in [5.74, 6) is -0.0403. The molecule has 1 unspecified atom stereocenters. The Morgan fingerprint density at radius 1 is 1.09 bits per heavy atom. The van der Waals surface area contributed by atoms with Crippen LogP contribution >= 0.6 is 12.4 Å². The quantitative estimate of drug-likeness (QED) is 0.516. The molecule has 6 heteroatoms. The molecule has 4 N–H and O–H groups in total. The van der Waals surface area contributed by atoms with Gasteiger partial charge in [-0.2, -0.15) is 0 Å². The van der Waals surface area contributed by atoms with Crippen LogP contribution in [0.1, 0.15) is 22.9 Å². The molecule has 1 atom stereocenters. The molecule has 0 radical (unpaired) electrons. The average Bonchev–Trinajstić information content (AvgIpc) is 2.88. The van der Waals surface area contributed by atoms with Crippen molar-refractivity contribution >= 4 is 23.3 Å². The van der Waals surface area contributed by atoms with Crippen molar-refractivity contribution in [3.63, 3.8) is 0 Å². The summed E-state index contributed by atoms with van der Waals surface area (Å²) in [6.45, 7) is 0.718. The highest BCUT2D eigenvalue weighted by Crippen LogP contribution is 2.37.